The predicted molar refractivity (Wildman–Crippen MR) is 79.7 cm³/mol. The van der Waals surface area contributed by atoms with Gasteiger partial charge in [-0.2, -0.15) is 0 Å². The number of anilines is 1. The van der Waals surface area contributed by atoms with Gasteiger partial charge in [0.1, 0.15) is 5.82 Å². The van der Waals surface area contributed by atoms with E-state index in [-0.39, 0.29) is 5.91 Å². The van der Waals surface area contributed by atoms with Crippen LogP contribution in [0.2, 0.25) is 0 Å². The molecule has 1 aromatic heterocycles. The second kappa shape index (κ2) is 5.81. The van der Waals surface area contributed by atoms with Gasteiger partial charge in [0, 0.05) is 19.3 Å². The number of hydrogen-bond donors (Lipinski definition) is 2. The van der Waals surface area contributed by atoms with Gasteiger partial charge in [0.2, 0.25) is 0 Å². The molecule has 1 amide bonds. The Bertz CT molecular complexity index is 451. The molecule has 2 fully saturated rings. The van der Waals surface area contributed by atoms with Crippen LogP contribution in [0.3, 0.4) is 0 Å². The summed E-state index contributed by atoms with van der Waals surface area (Å²) < 4.78 is 0. The first-order valence-corrected chi connectivity index (χ1v) is 7.76. The average molecular weight is 273 g/mol. The van der Waals surface area contributed by atoms with Gasteiger partial charge in [-0.05, 0) is 62.5 Å². The van der Waals surface area contributed by atoms with Crippen LogP contribution in [-0.2, 0) is 0 Å². The van der Waals surface area contributed by atoms with Crippen LogP contribution in [0.5, 0.6) is 0 Å². The van der Waals surface area contributed by atoms with Gasteiger partial charge in [0.05, 0.1) is 5.56 Å². The second-order valence-corrected chi connectivity index (χ2v) is 6.01. The molecular weight excluding hydrogens is 250 g/mol. The Morgan fingerprint density at radius 2 is 2.00 bits per heavy atom. The van der Waals surface area contributed by atoms with E-state index in [9.17, 15) is 4.79 Å². The Morgan fingerprint density at radius 3 is 2.50 bits per heavy atom. The molecule has 20 heavy (non-hydrogen) atoms. The molecule has 0 bridgehead atoms. The third-order valence-corrected chi connectivity index (χ3v) is 4.34. The molecule has 1 aromatic rings. The fourth-order valence-corrected chi connectivity index (χ4v) is 2.89. The van der Waals surface area contributed by atoms with Gasteiger partial charge in [-0.25, -0.2) is 4.98 Å². The van der Waals surface area contributed by atoms with Gasteiger partial charge >= 0.3 is 0 Å². The van der Waals surface area contributed by atoms with Crippen LogP contribution in [0.25, 0.3) is 0 Å². The van der Waals surface area contributed by atoms with Crippen LogP contribution in [0, 0.1) is 17.8 Å². The molecule has 2 aliphatic carbocycles. The fourth-order valence-electron chi connectivity index (χ4n) is 2.89. The van der Waals surface area contributed by atoms with Crippen molar-refractivity contribution in [2.45, 2.75) is 32.6 Å². The van der Waals surface area contributed by atoms with E-state index in [2.05, 4.69) is 15.6 Å². The fraction of sp³-hybridized carbons (Fsp3) is 0.625. The summed E-state index contributed by atoms with van der Waals surface area (Å²) in [6.07, 6.45) is 7.08. The number of rotatable bonds is 7. The minimum Gasteiger partial charge on any atom is -0.370 e. The minimum absolute atomic E-state index is 0.00634. The second-order valence-electron chi connectivity index (χ2n) is 6.01. The van der Waals surface area contributed by atoms with Crippen LogP contribution in [-0.4, -0.2) is 24.0 Å². The zero-order valence-electron chi connectivity index (χ0n) is 12.1. The number of amides is 1. The number of carbonyl (C=O) groups is 1. The first-order chi connectivity index (χ1) is 9.78. The van der Waals surface area contributed by atoms with Gasteiger partial charge in [0.25, 0.3) is 5.91 Å². The third-order valence-electron chi connectivity index (χ3n) is 4.34. The van der Waals surface area contributed by atoms with Crippen LogP contribution < -0.4 is 10.6 Å². The Hall–Kier alpha value is -1.58. The summed E-state index contributed by atoms with van der Waals surface area (Å²) in [4.78, 5) is 16.4. The van der Waals surface area contributed by atoms with E-state index in [1.54, 1.807) is 6.20 Å². The minimum atomic E-state index is 0.00634. The smallest absolute Gasteiger partial charge is 0.252 e. The largest absolute Gasteiger partial charge is 0.370 e. The number of pyridine rings is 1. The Morgan fingerprint density at radius 1 is 1.30 bits per heavy atom. The van der Waals surface area contributed by atoms with Crippen molar-refractivity contribution < 1.29 is 4.79 Å². The Balaban J connectivity index is 1.52. The molecule has 2 N–H and O–H groups in total. The topological polar surface area (TPSA) is 54.0 Å². The van der Waals surface area contributed by atoms with Crippen molar-refractivity contribution in [3.8, 4) is 0 Å². The zero-order valence-corrected chi connectivity index (χ0v) is 12.1. The van der Waals surface area contributed by atoms with Crippen molar-refractivity contribution >= 4 is 11.7 Å². The summed E-state index contributed by atoms with van der Waals surface area (Å²) >= 11 is 0. The SMILES string of the molecule is CCNc1ccc(C(=O)NCC(C2CC2)C2CC2)cn1. The van der Waals surface area contributed by atoms with Crippen molar-refractivity contribution in [2.75, 3.05) is 18.4 Å². The van der Waals surface area contributed by atoms with E-state index in [1.807, 2.05) is 19.1 Å². The van der Waals surface area contributed by atoms with E-state index in [1.165, 1.54) is 25.7 Å². The van der Waals surface area contributed by atoms with Gasteiger partial charge in [0.15, 0.2) is 0 Å². The van der Waals surface area contributed by atoms with Crippen molar-refractivity contribution in [2.24, 2.45) is 17.8 Å². The molecule has 0 radical (unpaired) electrons. The lowest BCUT2D eigenvalue weighted by Gasteiger charge is -2.16. The molecule has 0 spiro atoms. The molecular formula is C16H23N3O. The van der Waals surface area contributed by atoms with Crippen molar-refractivity contribution in [3.63, 3.8) is 0 Å². The monoisotopic (exact) mass is 273 g/mol. The lowest BCUT2D eigenvalue weighted by molar-refractivity contribution is 0.0943. The Kier molecular flexibility index (Phi) is 3.90. The van der Waals surface area contributed by atoms with Crippen molar-refractivity contribution in [1.82, 2.24) is 10.3 Å². The van der Waals surface area contributed by atoms with Crippen molar-refractivity contribution in [1.29, 1.82) is 0 Å². The van der Waals surface area contributed by atoms with Gasteiger partial charge < -0.3 is 10.6 Å². The molecule has 4 heteroatoms. The highest BCUT2D eigenvalue weighted by Gasteiger charge is 2.41. The predicted octanol–water partition coefficient (Wildman–Crippen LogP) is 2.68. The maximum absolute atomic E-state index is 12.1. The van der Waals surface area contributed by atoms with Crippen LogP contribution in [0.15, 0.2) is 18.3 Å². The van der Waals surface area contributed by atoms with Crippen molar-refractivity contribution in [3.05, 3.63) is 23.9 Å². The maximum atomic E-state index is 12.1. The summed E-state index contributed by atoms with van der Waals surface area (Å²) in [7, 11) is 0. The molecule has 2 aliphatic rings. The first kappa shape index (κ1) is 13.4. The number of hydrogen-bond acceptors (Lipinski definition) is 3. The summed E-state index contributed by atoms with van der Waals surface area (Å²) in [5.74, 6) is 3.28. The van der Waals surface area contributed by atoms with Crippen LogP contribution >= 0.6 is 0 Å². The molecule has 0 saturated heterocycles. The lowest BCUT2D eigenvalue weighted by atomic mass is 9.98. The van der Waals surface area contributed by atoms with E-state index >= 15 is 0 Å². The number of aromatic nitrogens is 1. The molecule has 108 valence electrons. The van der Waals surface area contributed by atoms with Crippen LogP contribution in [0.1, 0.15) is 43.0 Å². The molecule has 0 aliphatic heterocycles. The highest BCUT2D eigenvalue weighted by Crippen LogP contribution is 2.48. The quantitative estimate of drug-likeness (QED) is 0.803. The number of carbonyl (C=O) groups excluding carboxylic acids is 1. The maximum Gasteiger partial charge on any atom is 0.252 e. The average Bonchev–Trinajstić information content (AvgIpc) is 3.34. The van der Waals surface area contributed by atoms with E-state index in [0.29, 0.717) is 11.5 Å². The molecule has 3 rings (SSSR count). The highest BCUT2D eigenvalue weighted by molar-refractivity contribution is 5.94. The third kappa shape index (κ3) is 3.30. The highest BCUT2D eigenvalue weighted by atomic mass is 16.1. The zero-order chi connectivity index (χ0) is 13.9. The molecule has 1 heterocycles. The number of nitrogens with zero attached hydrogens (tertiary/aromatic N) is 1. The molecule has 2 saturated carbocycles. The van der Waals surface area contributed by atoms with Gasteiger partial charge in [-0.3, -0.25) is 4.79 Å². The normalized spacial score (nSPS) is 18.1. The van der Waals surface area contributed by atoms with E-state index < -0.39 is 0 Å². The lowest BCUT2D eigenvalue weighted by Crippen LogP contribution is -2.31. The summed E-state index contributed by atoms with van der Waals surface area (Å²) in [5.41, 5.74) is 0.650. The van der Waals surface area contributed by atoms with E-state index in [4.69, 9.17) is 0 Å². The molecule has 0 unspecified atom stereocenters. The summed E-state index contributed by atoms with van der Waals surface area (Å²) in [6.45, 7) is 3.70. The van der Waals surface area contributed by atoms with E-state index in [0.717, 1.165) is 30.7 Å². The molecule has 0 atom stereocenters. The summed E-state index contributed by atoms with van der Waals surface area (Å²) in [5, 5.41) is 6.22. The molecule has 0 aromatic carbocycles. The number of nitrogens with one attached hydrogen (secondary N) is 2. The molecule has 4 nitrogen and oxygen atoms in total. The van der Waals surface area contributed by atoms with Gasteiger partial charge in [-0.1, -0.05) is 0 Å². The first-order valence-electron chi connectivity index (χ1n) is 7.76. The van der Waals surface area contributed by atoms with Gasteiger partial charge in [-0.15, -0.1) is 0 Å². The standard InChI is InChI=1S/C16H23N3O/c1-2-17-15-8-7-13(9-18-15)16(20)19-10-14(11-3-4-11)12-5-6-12/h7-9,11-12,14H,2-6,10H2,1H3,(H,17,18)(H,19,20). The Labute approximate surface area is 120 Å². The summed E-state index contributed by atoms with van der Waals surface area (Å²) in [6, 6.07) is 3.70. The van der Waals surface area contributed by atoms with Crippen LogP contribution in [0.4, 0.5) is 5.82 Å².